The van der Waals surface area contributed by atoms with Gasteiger partial charge in [0, 0.05) is 19.2 Å². The third-order valence-electron chi connectivity index (χ3n) is 4.43. The molecule has 130 valence electrons. The first-order chi connectivity index (χ1) is 10.9. The van der Waals surface area contributed by atoms with E-state index in [1.54, 1.807) is 18.2 Å². The summed E-state index contributed by atoms with van der Waals surface area (Å²) < 4.78 is 41.4. The molecule has 3 nitrogen and oxygen atoms in total. The van der Waals surface area contributed by atoms with Crippen molar-refractivity contribution in [1.29, 1.82) is 0 Å². The van der Waals surface area contributed by atoms with Crippen molar-refractivity contribution in [3.05, 3.63) is 29.8 Å². The predicted molar refractivity (Wildman–Crippen MR) is 82.3 cm³/mol. The van der Waals surface area contributed by atoms with Gasteiger partial charge in [-0.15, -0.1) is 0 Å². The van der Waals surface area contributed by atoms with E-state index in [1.807, 2.05) is 13.1 Å². The van der Waals surface area contributed by atoms with Crippen LogP contribution < -0.4 is 4.74 Å². The molecule has 6 heteroatoms. The van der Waals surface area contributed by atoms with Gasteiger partial charge >= 0.3 is 6.18 Å². The predicted octanol–water partition coefficient (Wildman–Crippen LogP) is 3.61. The minimum absolute atomic E-state index is 0.247. The first kappa shape index (κ1) is 18.1. The first-order valence-electron chi connectivity index (χ1n) is 7.97. The largest absolute Gasteiger partial charge is 0.484 e. The van der Waals surface area contributed by atoms with Crippen molar-refractivity contribution in [2.75, 3.05) is 20.3 Å². The highest BCUT2D eigenvalue weighted by molar-refractivity contribution is 5.28. The van der Waals surface area contributed by atoms with Gasteiger partial charge in [-0.05, 0) is 56.3 Å². The summed E-state index contributed by atoms with van der Waals surface area (Å²) in [5.41, 5.74) is 0.941. The van der Waals surface area contributed by atoms with E-state index in [0.717, 1.165) is 31.2 Å². The van der Waals surface area contributed by atoms with Crippen LogP contribution in [-0.4, -0.2) is 42.5 Å². The molecule has 0 atom stereocenters. The maximum atomic E-state index is 12.2. The molecule has 0 amide bonds. The zero-order valence-corrected chi connectivity index (χ0v) is 13.4. The fraction of sp³-hybridized carbons (Fsp3) is 0.647. The first-order valence-corrected chi connectivity index (χ1v) is 7.97. The molecule has 0 spiro atoms. The number of hydrogen-bond donors (Lipinski definition) is 1. The summed E-state index contributed by atoms with van der Waals surface area (Å²) in [6.07, 6.45) is -0.170. The second-order valence-corrected chi connectivity index (χ2v) is 6.32. The van der Waals surface area contributed by atoms with Gasteiger partial charge in [0.15, 0.2) is 6.61 Å². The fourth-order valence-electron chi connectivity index (χ4n) is 3.08. The average Bonchev–Trinajstić information content (AvgIpc) is 2.53. The lowest BCUT2D eigenvalue weighted by Gasteiger charge is -2.34. The Morgan fingerprint density at radius 2 is 1.91 bits per heavy atom. The van der Waals surface area contributed by atoms with E-state index in [2.05, 4.69) is 4.90 Å². The molecule has 1 aromatic carbocycles. The zero-order valence-electron chi connectivity index (χ0n) is 13.4. The van der Waals surface area contributed by atoms with Crippen LogP contribution in [0.25, 0.3) is 0 Å². The number of alkyl halides is 3. The van der Waals surface area contributed by atoms with E-state index in [-0.39, 0.29) is 12.4 Å². The minimum Gasteiger partial charge on any atom is -0.484 e. The molecule has 0 bridgehead atoms. The van der Waals surface area contributed by atoms with Crippen molar-refractivity contribution in [2.24, 2.45) is 5.92 Å². The number of rotatable bonds is 6. The van der Waals surface area contributed by atoms with Crippen LogP contribution in [-0.2, 0) is 6.54 Å². The van der Waals surface area contributed by atoms with Crippen LogP contribution in [0.1, 0.15) is 31.2 Å². The van der Waals surface area contributed by atoms with Crippen LogP contribution in [0, 0.1) is 5.92 Å². The van der Waals surface area contributed by atoms with E-state index in [0.29, 0.717) is 18.5 Å². The lowest BCUT2D eigenvalue weighted by atomic mass is 9.86. The van der Waals surface area contributed by atoms with Crippen LogP contribution in [0.5, 0.6) is 5.75 Å². The molecule has 0 saturated heterocycles. The molecule has 1 N–H and O–H groups in total. The second-order valence-electron chi connectivity index (χ2n) is 6.32. The van der Waals surface area contributed by atoms with Gasteiger partial charge < -0.3 is 9.84 Å². The van der Waals surface area contributed by atoms with Gasteiger partial charge in [-0.2, -0.15) is 13.2 Å². The Kier molecular flexibility index (Phi) is 6.30. The van der Waals surface area contributed by atoms with E-state index >= 15 is 0 Å². The van der Waals surface area contributed by atoms with E-state index in [4.69, 9.17) is 4.74 Å². The molecular formula is C17H24F3NO2. The summed E-state index contributed by atoms with van der Waals surface area (Å²) >= 11 is 0. The molecule has 0 heterocycles. The van der Waals surface area contributed by atoms with E-state index in [9.17, 15) is 18.3 Å². The highest BCUT2D eigenvalue weighted by Crippen LogP contribution is 2.28. The lowest BCUT2D eigenvalue weighted by Crippen LogP contribution is -2.35. The maximum absolute atomic E-state index is 12.2. The maximum Gasteiger partial charge on any atom is 0.422 e. The molecule has 2 rings (SSSR count). The van der Waals surface area contributed by atoms with Crippen LogP contribution in [0.2, 0.25) is 0 Å². The highest BCUT2D eigenvalue weighted by atomic mass is 19.4. The number of nitrogens with zero attached hydrogens (tertiary/aromatic N) is 1. The molecule has 1 aliphatic carbocycles. The second kappa shape index (κ2) is 8.02. The van der Waals surface area contributed by atoms with Gasteiger partial charge in [0.25, 0.3) is 0 Å². The monoisotopic (exact) mass is 331 g/mol. The average molecular weight is 331 g/mol. The summed E-state index contributed by atoms with van der Waals surface area (Å²) in [5, 5.41) is 9.18. The number of ether oxygens (including phenoxy) is 1. The number of benzene rings is 1. The van der Waals surface area contributed by atoms with Gasteiger partial charge in [0.2, 0.25) is 0 Å². The Balaban J connectivity index is 1.87. The number of halogens is 3. The fourth-order valence-corrected chi connectivity index (χ4v) is 3.08. The van der Waals surface area contributed by atoms with Crippen molar-refractivity contribution in [3.8, 4) is 5.75 Å². The molecule has 1 fully saturated rings. The number of aliphatic hydroxyl groups excluding tert-OH is 1. The summed E-state index contributed by atoms with van der Waals surface area (Å²) in [4.78, 5) is 2.23. The zero-order chi connectivity index (χ0) is 16.9. The van der Waals surface area contributed by atoms with Crippen molar-refractivity contribution < 1.29 is 23.0 Å². The minimum atomic E-state index is -4.32. The van der Waals surface area contributed by atoms with Crippen LogP contribution in [0.15, 0.2) is 24.3 Å². The van der Waals surface area contributed by atoms with Gasteiger partial charge in [-0.3, -0.25) is 4.90 Å². The molecule has 1 aliphatic rings. The molecule has 1 aromatic rings. The molecular weight excluding hydrogens is 307 g/mol. The SMILES string of the molecule is CN(Cc1cccc(OCC(F)(F)F)c1)C1CCC(CO)CC1. The summed E-state index contributed by atoms with van der Waals surface area (Å²) in [5.74, 6) is 0.663. The third-order valence-corrected chi connectivity index (χ3v) is 4.43. The Hall–Kier alpha value is -1.27. The van der Waals surface area contributed by atoms with E-state index in [1.165, 1.54) is 0 Å². The molecule has 23 heavy (non-hydrogen) atoms. The topological polar surface area (TPSA) is 32.7 Å². The van der Waals surface area contributed by atoms with Gasteiger partial charge in [0.1, 0.15) is 5.75 Å². The summed E-state index contributed by atoms with van der Waals surface area (Å²) in [6.45, 7) is -0.329. The molecule has 0 radical (unpaired) electrons. The Morgan fingerprint density at radius 1 is 1.22 bits per heavy atom. The third kappa shape index (κ3) is 6.03. The summed E-state index contributed by atoms with van der Waals surface area (Å²) in [6, 6.07) is 7.29. The Morgan fingerprint density at radius 3 is 2.52 bits per heavy atom. The van der Waals surface area contributed by atoms with Crippen LogP contribution in [0.4, 0.5) is 13.2 Å². The standard InChI is InChI=1S/C17H24F3NO2/c1-21(15-7-5-13(11-22)6-8-15)10-14-3-2-4-16(9-14)23-12-17(18,19)20/h2-4,9,13,15,22H,5-8,10-12H2,1H3. The Bertz CT molecular complexity index is 485. The van der Waals surface area contributed by atoms with Crippen molar-refractivity contribution in [3.63, 3.8) is 0 Å². The summed E-state index contributed by atoms with van der Waals surface area (Å²) in [7, 11) is 2.03. The Labute approximate surface area is 135 Å². The normalized spacial score (nSPS) is 22.3. The van der Waals surface area contributed by atoms with Crippen LogP contribution >= 0.6 is 0 Å². The number of hydrogen-bond acceptors (Lipinski definition) is 3. The van der Waals surface area contributed by atoms with Crippen molar-refractivity contribution >= 4 is 0 Å². The van der Waals surface area contributed by atoms with Gasteiger partial charge in [0.05, 0.1) is 0 Å². The lowest BCUT2D eigenvalue weighted by molar-refractivity contribution is -0.153. The smallest absolute Gasteiger partial charge is 0.422 e. The number of aliphatic hydroxyl groups is 1. The molecule has 0 aromatic heterocycles. The van der Waals surface area contributed by atoms with Crippen molar-refractivity contribution in [2.45, 2.75) is 44.4 Å². The van der Waals surface area contributed by atoms with Gasteiger partial charge in [-0.25, -0.2) is 0 Å². The molecule has 0 aliphatic heterocycles. The molecule has 0 unspecified atom stereocenters. The quantitative estimate of drug-likeness (QED) is 0.864. The van der Waals surface area contributed by atoms with Gasteiger partial charge in [-0.1, -0.05) is 12.1 Å². The molecule has 1 saturated carbocycles. The van der Waals surface area contributed by atoms with E-state index < -0.39 is 12.8 Å². The van der Waals surface area contributed by atoms with Crippen LogP contribution in [0.3, 0.4) is 0 Å². The van der Waals surface area contributed by atoms with Crippen molar-refractivity contribution in [1.82, 2.24) is 4.90 Å². The highest BCUT2D eigenvalue weighted by Gasteiger charge is 2.28.